The minimum atomic E-state index is -0.122. The molecule has 0 bridgehead atoms. The Morgan fingerprint density at radius 2 is 2.18 bits per heavy atom. The van der Waals surface area contributed by atoms with Crippen molar-refractivity contribution >= 4 is 5.91 Å². The Bertz CT molecular complexity index is 572. The van der Waals surface area contributed by atoms with Crippen LogP contribution in [-0.4, -0.2) is 62.9 Å². The van der Waals surface area contributed by atoms with Crippen LogP contribution in [0.4, 0.5) is 0 Å². The van der Waals surface area contributed by atoms with Gasteiger partial charge in [-0.3, -0.25) is 14.5 Å². The Balaban J connectivity index is 1.49. The maximum atomic E-state index is 12.3. The van der Waals surface area contributed by atoms with E-state index in [2.05, 4.69) is 19.7 Å². The number of carbonyl (C=O) groups excluding carboxylic acids is 1. The van der Waals surface area contributed by atoms with Crippen LogP contribution in [0.2, 0.25) is 0 Å². The van der Waals surface area contributed by atoms with Crippen LogP contribution in [0.15, 0.2) is 0 Å². The van der Waals surface area contributed by atoms with Gasteiger partial charge in [-0.05, 0) is 32.7 Å². The fourth-order valence-corrected chi connectivity index (χ4v) is 3.95. The first-order chi connectivity index (χ1) is 10.8. The van der Waals surface area contributed by atoms with Crippen molar-refractivity contribution in [3.63, 3.8) is 0 Å². The molecule has 4 heterocycles. The van der Waals surface area contributed by atoms with Crippen molar-refractivity contribution in [3.8, 4) is 0 Å². The number of nitrogens with zero attached hydrogens (tertiary/aromatic N) is 5. The molecule has 0 aliphatic carbocycles. The summed E-state index contributed by atoms with van der Waals surface area (Å²) in [5.74, 6) is 2.74. The van der Waals surface area contributed by atoms with Gasteiger partial charge in [0.05, 0.1) is 6.61 Å². The minimum Gasteiger partial charge on any atom is -0.315 e. The second-order valence-corrected chi connectivity index (χ2v) is 6.41. The van der Waals surface area contributed by atoms with Crippen LogP contribution in [0.1, 0.15) is 43.8 Å². The van der Waals surface area contributed by atoms with Crippen molar-refractivity contribution in [3.05, 3.63) is 11.6 Å². The van der Waals surface area contributed by atoms with Crippen molar-refractivity contribution in [2.75, 3.05) is 26.2 Å². The van der Waals surface area contributed by atoms with Crippen LogP contribution in [-0.2, 0) is 22.6 Å². The molecular formula is C15H23N5O2. The Hall–Kier alpha value is -1.47. The number of fused-ring (bicyclic) bond motifs is 1. The fourth-order valence-electron chi connectivity index (χ4n) is 3.95. The molecule has 0 aromatic carbocycles. The molecule has 22 heavy (non-hydrogen) atoms. The number of amides is 1. The molecule has 0 radical (unpaired) electrons. The Morgan fingerprint density at radius 3 is 3.00 bits per heavy atom. The smallest absolute Gasteiger partial charge is 0.265 e. The van der Waals surface area contributed by atoms with Crippen molar-refractivity contribution < 1.29 is 9.63 Å². The molecule has 7 nitrogen and oxygen atoms in total. The quantitative estimate of drug-likeness (QED) is 0.817. The number of hydrogen-bond acceptors (Lipinski definition) is 5. The summed E-state index contributed by atoms with van der Waals surface area (Å²) >= 11 is 0. The third-order valence-electron chi connectivity index (χ3n) is 5.10. The molecule has 1 aromatic rings. The van der Waals surface area contributed by atoms with Gasteiger partial charge in [-0.15, -0.1) is 10.2 Å². The molecule has 1 aromatic heterocycles. The highest BCUT2D eigenvalue weighted by molar-refractivity contribution is 5.82. The van der Waals surface area contributed by atoms with Gasteiger partial charge in [-0.2, -0.15) is 0 Å². The normalized spacial score (nSPS) is 29.3. The van der Waals surface area contributed by atoms with Crippen molar-refractivity contribution in [1.82, 2.24) is 24.7 Å². The summed E-state index contributed by atoms with van der Waals surface area (Å²) in [6, 6.07) is -0.122. The van der Waals surface area contributed by atoms with Crippen LogP contribution in [0.25, 0.3) is 0 Å². The second-order valence-electron chi connectivity index (χ2n) is 6.41. The lowest BCUT2D eigenvalue weighted by Crippen LogP contribution is -2.47. The average Bonchev–Trinajstić information content (AvgIpc) is 3.22. The van der Waals surface area contributed by atoms with Gasteiger partial charge in [-0.25, -0.2) is 5.06 Å². The third kappa shape index (κ3) is 2.23. The zero-order chi connectivity index (χ0) is 15.1. The Morgan fingerprint density at radius 1 is 1.27 bits per heavy atom. The van der Waals surface area contributed by atoms with Crippen LogP contribution >= 0.6 is 0 Å². The van der Waals surface area contributed by atoms with Gasteiger partial charge < -0.3 is 4.57 Å². The molecule has 2 saturated heterocycles. The van der Waals surface area contributed by atoms with Crippen molar-refractivity contribution in [2.45, 2.75) is 51.1 Å². The van der Waals surface area contributed by atoms with E-state index < -0.39 is 0 Å². The summed E-state index contributed by atoms with van der Waals surface area (Å²) in [7, 11) is 0. The molecule has 3 aliphatic heterocycles. The summed E-state index contributed by atoms with van der Waals surface area (Å²) in [5, 5.41) is 10.3. The summed E-state index contributed by atoms with van der Waals surface area (Å²) in [5.41, 5.74) is 0. The van der Waals surface area contributed by atoms with E-state index in [0.29, 0.717) is 19.1 Å². The fraction of sp³-hybridized carbons (Fsp3) is 0.800. The van der Waals surface area contributed by atoms with E-state index in [1.54, 1.807) is 0 Å². The number of rotatable bonds is 3. The van der Waals surface area contributed by atoms with Crippen molar-refractivity contribution in [1.29, 1.82) is 0 Å². The first-order valence-corrected chi connectivity index (χ1v) is 8.38. The molecule has 0 spiro atoms. The van der Waals surface area contributed by atoms with Gasteiger partial charge in [0.25, 0.3) is 5.91 Å². The third-order valence-corrected chi connectivity index (χ3v) is 5.10. The summed E-state index contributed by atoms with van der Waals surface area (Å²) in [6.45, 7) is 5.94. The van der Waals surface area contributed by atoms with E-state index in [1.165, 1.54) is 11.5 Å². The van der Waals surface area contributed by atoms with Crippen LogP contribution in [0, 0.1) is 0 Å². The van der Waals surface area contributed by atoms with Crippen LogP contribution in [0.3, 0.4) is 0 Å². The number of aromatic nitrogens is 3. The zero-order valence-corrected chi connectivity index (χ0v) is 13.1. The molecule has 4 rings (SSSR count). The maximum Gasteiger partial charge on any atom is 0.265 e. The first kappa shape index (κ1) is 14.1. The van der Waals surface area contributed by atoms with Crippen molar-refractivity contribution in [2.24, 2.45) is 0 Å². The van der Waals surface area contributed by atoms with E-state index >= 15 is 0 Å². The number of hydroxylamine groups is 2. The van der Waals surface area contributed by atoms with Gasteiger partial charge in [-0.1, -0.05) is 0 Å². The SMILES string of the molecule is CCN1OC[C@@H](N2CCC[C@H](c3nnc4n3CCC4)C2)C1=O. The molecule has 120 valence electrons. The number of likely N-dealkylation sites (tertiary alicyclic amines) is 1. The van der Waals surface area contributed by atoms with Gasteiger partial charge in [0.2, 0.25) is 0 Å². The monoisotopic (exact) mass is 305 g/mol. The maximum absolute atomic E-state index is 12.3. The summed E-state index contributed by atoms with van der Waals surface area (Å²) in [6.07, 6.45) is 4.45. The number of carbonyl (C=O) groups is 1. The zero-order valence-electron chi connectivity index (χ0n) is 13.1. The van der Waals surface area contributed by atoms with E-state index in [1.807, 2.05) is 6.92 Å². The topological polar surface area (TPSA) is 63.5 Å². The molecule has 2 fully saturated rings. The van der Waals surface area contributed by atoms with Gasteiger partial charge in [0.15, 0.2) is 0 Å². The molecule has 1 amide bonds. The molecule has 3 aliphatic rings. The Labute approximate surface area is 130 Å². The number of hydrogen-bond donors (Lipinski definition) is 0. The predicted molar refractivity (Wildman–Crippen MR) is 79.0 cm³/mol. The molecule has 0 N–H and O–H groups in total. The van der Waals surface area contributed by atoms with E-state index in [4.69, 9.17) is 4.84 Å². The molecule has 7 heteroatoms. The van der Waals surface area contributed by atoms with Crippen LogP contribution < -0.4 is 0 Å². The molecule has 2 atom stereocenters. The largest absolute Gasteiger partial charge is 0.315 e. The summed E-state index contributed by atoms with van der Waals surface area (Å²) < 4.78 is 2.29. The van der Waals surface area contributed by atoms with E-state index in [9.17, 15) is 4.79 Å². The van der Waals surface area contributed by atoms with Gasteiger partial charge in [0, 0.05) is 32.0 Å². The predicted octanol–water partition coefficient (Wildman–Crippen LogP) is 0.566. The molecule has 0 unspecified atom stereocenters. The van der Waals surface area contributed by atoms with Gasteiger partial charge >= 0.3 is 0 Å². The Kier molecular flexibility index (Phi) is 3.62. The highest BCUT2D eigenvalue weighted by Gasteiger charge is 2.39. The first-order valence-electron chi connectivity index (χ1n) is 8.38. The summed E-state index contributed by atoms with van der Waals surface area (Å²) in [4.78, 5) is 20.1. The lowest BCUT2D eigenvalue weighted by Gasteiger charge is -2.34. The molecular weight excluding hydrogens is 282 g/mol. The van der Waals surface area contributed by atoms with Gasteiger partial charge in [0.1, 0.15) is 17.7 Å². The number of piperidine rings is 1. The lowest BCUT2D eigenvalue weighted by molar-refractivity contribution is -0.160. The number of likely N-dealkylation sites (N-methyl/N-ethyl adjacent to an activating group) is 1. The standard InChI is InChI=1S/C15H23N5O2/c1-2-20-15(21)12(10-22-20)18-7-3-5-11(9-18)14-17-16-13-6-4-8-19(13)14/h11-12H,2-10H2,1H3/t11-,12+/m0/s1. The second kappa shape index (κ2) is 5.62. The minimum absolute atomic E-state index is 0.106. The number of aryl methyl sites for hydroxylation is 1. The van der Waals surface area contributed by atoms with Crippen LogP contribution in [0.5, 0.6) is 0 Å². The highest BCUT2D eigenvalue weighted by atomic mass is 16.7. The highest BCUT2D eigenvalue weighted by Crippen LogP contribution is 2.30. The lowest BCUT2D eigenvalue weighted by atomic mass is 9.95. The average molecular weight is 305 g/mol. The molecule has 0 saturated carbocycles. The van der Waals surface area contributed by atoms with E-state index in [-0.39, 0.29) is 11.9 Å². The van der Waals surface area contributed by atoms with E-state index in [0.717, 1.165) is 50.5 Å².